The molecule has 0 saturated heterocycles. The quantitative estimate of drug-likeness (QED) is 0.0760. The number of carbonyl (C=O) groups is 5. The van der Waals surface area contributed by atoms with Crippen LogP contribution in [0.5, 0.6) is 23.0 Å². The number of hydrogen-bond donors (Lipinski definition) is 3. The minimum atomic E-state index is -1.55. The highest BCUT2D eigenvalue weighted by Crippen LogP contribution is 2.44. The van der Waals surface area contributed by atoms with Crippen molar-refractivity contribution in [2.45, 2.75) is 82.6 Å². The normalized spacial score (nSPS) is 13.5. The number of halogens is 2. The Morgan fingerprint density at radius 1 is 0.780 bits per heavy atom. The maximum atomic E-state index is 16.2. The number of carboxylic acid groups (broad SMARTS) is 1. The van der Waals surface area contributed by atoms with Crippen molar-refractivity contribution in [2.75, 3.05) is 7.11 Å². The van der Waals surface area contributed by atoms with Gasteiger partial charge in [0.25, 0.3) is 0 Å². The van der Waals surface area contributed by atoms with Crippen LogP contribution in [0.2, 0.25) is 0 Å². The second kappa shape index (κ2) is 19.2. The third kappa shape index (κ3) is 9.49. The molecule has 0 saturated carbocycles. The fourth-order valence-electron chi connectivity index (χ4n) is 6.66. The molecule has 1 aliphatic rings. The Morgan fingerprint density at radius 3 is 1.76 bits per heavy atom. The lowest BCUT2D eigenvalue weighted by molar-refractivity contribution is -0.142. The Labute approximate surface area is 350 Å². The summed E-state index contributed by atoms with van der Waals surface area (Å²) in [6.45, 7) is 21.5. The Hall–Kier alpha value is -6.02. The number of aliphatic hydroxyl groups excluding tert-OH is 1. The van der Waals surface area contributed by atoms with Crippen LogP contribution in [0.3, 0.4) is 0 Å². The molecule has 59 heavy (non-hydrogen) atoms. The fraction of sp³-hybridized carbons (Fsp3) is 0.311. The van der Waals surface area contributed by atoms with E-state index in [1.807, 2.05) is 26.0 Å². The number of ether oxygens (including phenoxy) is 4. The highest BCUT2D eigenvalue weighted by molar-refractivity contribution is 9.10. The zero-order chi connectivity index (χ0) is 45.0. The van der Waals surface area contributed by atoms with Crippen LogP contribution >= 0.6 is 15.9 Å². The van der Waals surface area contributed by atoms with Gasteiger partial charge in [0.1, 0.15) is 33.1 Å². The minimum absolute atomic E-state index is 0.0869. The van der Waals surface area contributed by atoms with Gasteiger partial charge in [-0.3, -0.25) is 9.59 Å². The lowest BCUT2D eigenvalue weighted by Crippen LogP contribution is -2.32. The van der Waals surface area contributed by atoms with Crippen LogP contribution in [0.1, 0.15) is 102 Å². The maximum absolute atomic E-state index is 16.2. The van der Waals surface area contributed by atoms with Crippen molar-refractivity contribution < 1.29 is 62.6 Å². The number of esters is 3. The topological polar surface area (TPSA) is 183 Å². The first-order valence-electron chi connectivity index (χ1n) is 18.3. The number of aliphatic hydroxyl groups is 1. The van der Waals surface area contributed by atoms with Crippen molar-refractivity contribution in [1.82, 2.24) is 0 Å². The summed E-state index contributed by atoms with van der Waals surface area (Å²) in [5.41, 5.74) is 3.02. The Balaban J connectivity index is 0.00000144. The molecule has 0 amide bonds. The smallest absolute Gasteiger partial charge is 0.347 e. The lowest BCUT2D eigenvalue weighted by atomic mass is 9.92. The maximum Gasteiger partial charge on any atom is 0.347 e. The molecule has 1 unspecified atom stereocenters. The van der Waals surface area contributed by atoms with E-state index in [1.165, 1.54) is 34.8 Å². The monoisotopic (exact) mass is 878 g/mol. The highest BCUT2D eigenvalue weighted by atomic mass is 79.9. The van der Waals surface area contributed by atoms with E-state index in [0.717, 1.165) is 17.7 Å². The summed E-state index contributed by atoms with van der Waals surface area (Å²) >= 11 is 3.15. The number of methoxy groups -OCH3 is 1. The van der Waals surface area contributed by atoms with Gasteiger partial charge >= 0.3 is 23.9 Å². The second-order valence-electron chi connectivity index (χ2n) is 13.9. The van der Waals surface area contributed by atoms with E-state index in [4.69, 9.17) is 18.9 Å². The number of allylic oxidation sites excluding steroid dienone is 5. The molecular weight excluding hydrogens is 831 g/mol. The third-order valence-electron chi connectivity index (χ3n) is 10.1. The van der Waals surface area contributed by atoms with Crippen LogP contribution in [-0.4, -0.2) is 52.1 Å². The number of ketones is 1. The Morgan fingerprint density at radius 2 is 1.29 bits per heavy atom. The number of aromatic carboxylic acids is 1. The number of phenols is 1. The molecule has 314 valence electrons. The van der Waals surface area contributed by atoms with E-state index in [0.29, 0.717) is 27.8 Å². The fourth-order valence-corrected chi connectivity index (χ4v) is 7.23. The van der Waals surface area contributed by atoms with Gasteiger partial charge in [0.15, 0.2) is 29.0 Å². The average molecular weight is 880 g/mol. The van der Waals surface area contributed by atoms with Crippen LogP contribution in [0.15, 0.2) is 52.4 Å². The summed E-state index contributed by atoms with van der Waals surface area (Å²) in [7, 11) is 1.21. The molecule has 3 N–H and O–H groups in total. The molecule has 1 atom stereocenters. The molecule has 0 heterocycles. The zero-order valence-electron chi connectivity index (χ0n) is 35.1. The molecule has 1 aliphatic carbocycles. The summed E-state index contributed by atoms with van der Waals surface area (Å²) in [6, 6.07) is 0. The first-order chi connectivity index (χ1) is 27.5. The van der Waals surface area contributed by atoms with Crippen LogP contribution in [0, 0.1) is 67.1 Å². The molecule has 0 bridgehead atoms. The second-order valence-corrected chi connectivity index (χ2v) is 14.7. The first-order valence-corrected chi connectivity index (χ1v) is 19.1. The summed E-state index contributed by atoms with van der Waals surface area (Å²) in [5.74, 6) is -9.46. The van der Waals surface area contributed by atoms with Gasteiger partial charge in [0.05, 0.1) is 18.2 Å². The zero-order valence-corrected chi connectivity index (χ0v) is 36.7. The lowest BCUT2D eigenvalue weighted by Gasteiger charge is -2.22. The van der Waals surface area contributed by atoms with E-state index in [-0.39, 0.29) is 67.1 Å². The van der Waals surface area contributed by atoms with Crippen molar-refractivity contribution >= 4 is 45.6 Å². The van der Waals surface area contributed by atoms with Gasteiger partial charge in [-0.2, -0.15) is 0 Å². The third-order valence-corrected chi connectivity index (χ3v) is 10.9. The number of aromatic hydroxyl groups is 1. The first kappa shape index (κ1) is 47.4. The average Bonchev–Trinajstić information content (AvgIpc) is 3.16. The Bertz CT molecular complexity index is 2340. The molecule has 3 aromatic carbocycles. The summed E-state index contributed by atoms with van der Waals surface area (Å²) in [4.78, 5) is 64.9. The summed E-state index contributed by atoms with van der Waals surface area (Å²) < 4.78 is 37.9. The van der Waals surface area contributed by atoms with Gasteiger partial charge in [-0.15, -0.1) is 0 Å². The molecule has 0 aliphatic heterocycles. The van der Waals surface area contributed by atoms with Gasteiger partial charge in [-0.05, 0) is 136 Å². The largest absolute Gasteiger partial charge is 0.508 e. The van der Waals surface area contributed by atoms with Gasteiger partial charge in [0, 0.05) is 17.7 Å². The molecular formula is C45H48BrFO12. The standard InChI is InChI=1S/C39H38BrFO12.C6H10/c1-11-23-20(8)35(31(41)21(9)27(23)37(47)51-33-17(5)14(2)26(36(45)46)15(3)18(33)6)53-38(48)28-16(4)19(7)34(30(40)32(28)44)52-39(49)29-24(43)12-22(42)13-25(29)50-10;1-4-5-6(2)3/h12-13,29,42,44H,11H2,1-10H3,(H,45,46);4-5H,2H2,1,3H3/b;5-4+. The van der Waals surface area contributed by atoms with E-state index in [1.54, 1.807) is 34.6 Å². The van der Waals surface area contributed by atoms with Gasteiger partial charge in [-0.1, -0.05) is 31.2 Å². The van der Waals surface area contributed by atoms with Crippen molar-refractivity contribution in [2.24, 2.45) is 5.92 Å². The van der Waals surface area contributed by atoms with Gasteiger partial charge in [-0.25, -0.2) is 18.8 Å². The summed E-state index contributed by atoms with van der Waals surface area (Å²) in [6.07, 6.45) is 6.07. The molecule has 4 rings (SSSR count). The van der Waals surface area contributed by atoms with Gasteiger partial charge in [0.2, 0.25) is 0 Å². The van der Waals surface area contributed by atoms with E-state index in [2.05, 4.69) is 22.5 Å². The molecule has 0 aromatic heterocycles. The van der Waals surface area contributed by atoms with Crippen LogP contribution in [0.25, 0.3) is 0 Å². The predicted octanol–water partition coefficient (Wildman–Crippen LogP) is 9.68. The molecule has 3 aromatic rings. The SMILES string of the molecule is C=C(C)/C=C/C.CCc1c(C)c(OC(=O)c2c(C)c(C)c(OC(=O)C3C(=O)C=C(O)C=C3OC)c(Br)c2O)c(F)c(C)c1C(=O)Oc1c(C)c(C)c(C(=O)O)c(C)c1C. The molecule has 12 nitrogen and oxygen atoms in total. The summed E-state index contributed by atoms with van der Waals surface area (Å²) in [5, 5.41) is 30.6. The molecule has 0 fully saturated rings. The van der Waals surface area contributed by atoms with Crippen molar-refractivity contribution in [1.29, 1.82) is 0 Å². The predicted molar refractivity (Wildman–Crippen MR) is 222 cm³/mol. The number of hydrogen-bond acceptors (Lipinski definition) is 11. The van der Waals surface area contributed by atoms with E-state index < -0.39 is 58.7 Å². The number of phenolic OH excluding ortho intramolecular Hbond substituents is 1. The van der Waals surface area contributed by atoms with Crippen molar-refractivity contribution in [3.8, 4) is 23.0 Å². The number of benzene rings is 3. The molecule has 0 spiro atoms. The van der Waals surface area contributed by atoms with E-state index >= 15 is 4.39 Å². The number of carbonyl (C=O) groups excluding carboxylic acids is 4. The minimum Gasteiger partial charge on any atom is -0.508 e. The Kier molecular flexibility index (Phi) is 15.4. The van der Waals surface area contributed by atoms with Crippen LogP contribution in [0.4, 0.5) is 4.39 Å². The van der Waals surface area contributed by atoms with Gasteiger partial charge < -0.3 is 34.3 Å². The number of carboxylic acids is 1. The van der Waals surface area contributed by atoms with Crippen molar-refractivity contribution in [3.63, 3.8) is 0 Å². The molecule has 14 heteroatoms. The van der Waals surface area contributed by atoms with Crippen molar-refractivity contribution in [3.05, 3.63) is 125 Å². The van der Waals surface area contributed by atoms with E-state index in [9.17, 15) is 39.3 Å². The van der Waals surface area contributed by atoms with Crippen LogP contribution in [-0.2, 0) is 20.7 Å². The highest BCUT2D eigenvalue weighted by Gasteiger charge is 2.37. The number of rotatable bonds is 10. The molecule has 0 radical (unpaired) electrons. The van der Waals surface area contributed by atoms with Crippen LogP contribution < -0.4 is 14.2 Å².